The van der Waals surface area contributed by atoms with Gasteiger partial charge in [0.2, 0.25) is 15.7 Å². The quantitative estimate of drug-likeness (QED) is 0.168. The van der Waals surface area contributed by atoms with Crippen LogP contribution in [0.1, 0.15) is 10.4 Å². The minimum Gasteiger partial charge on any atom is -0.477 e. The van der Waals surface area contributed by atoms with Crippen molar-refractivity contribution in [3.8, 4) is 0 Å². The predicted molar refractivity (Wildman–Crippen MR) is 128 cm³/mol. The van der Waals surface area contributed by atoms with Crippen LogP contribution in [0.2, 0.25) is 0 Å². The lowest BCUT2D eigenvalue weighted by Crippen LogP contribution is -2.70. The molecule has 0 saturated carbocycles. The molecule has 0 unspecified atom stereocenters. The highest BCUT2D eigenvalue weighted by molar-refractivity contribution is 8.07. The summed E-state index contributed by atoms with van der Waals surface area (Å²) in [6.45, 7) is 1.79. The third kappa shape index (κ3) is 4.21. The van der Waals surface area contributed by atoms with E-state index in [4.69, 9.17) is 5.84 Å². The maximum Gasteiger partial charge on any atom is 0.353 e. The third-order valence-electron chi connectivity index (χ3n) is 5.36. The van der Waals surface area contributed by atoms with E-state index < -0.39 is 43.9 Å². The number of aliphatic carboxylic acids is 1. The smallest absolute Gasteiger partial charge is 0.353 e. The highest BCUT2D eigenvalue weighted by Gasteiger charge is 2.55. The first-order valence-corrected chi connectivity index (χ1v) is 13.4. The number of benzene rings is 1. The van der Waals surface area contributed by atoms with Gasteiger partial charge in [0.15, 0.2) is 5.04 Å². The molecule has 10 nitrogen and oxygen atoms in total. The average molecular weight is 521 g/mol. The number of carbonyl (C=O) groups is 3. The molecule has 2 aliphatic rings. The number of sulfone groups is 1. The van der Waals surface area contributed by atoms with Crippen molar-refractivity contribution in [2.45, 2.75) is 29.7 Å². The second-order valence-corrected chi connectivity index (χ2v) is 11.6. The molecular weight excluding hydrogens is 500 g/mol. The summed E-state index contributed by atoms with van der Waals surface area (Å²) in [5.41, 5.74) is 0.163. The Balaban J connectivity index is 1.62. The fraction of sp³-hybridized carbons (Fsp3) is 0.238. The van der Waals surface area contributed by atoms with Crippen LogP contribution in [0.25, 0.3) is 0 Å². The van der Waals surface area contributed by atoms with Crippen molar-refractivity contribution in [1.82, 2.24) is 10.2 Å². The second-order valence-electron chi connectivity index (χ2n) is 7.59. The van der Waals surface area contributed by atoms with Crippen LogP contribution >= 0.6 is 23.1 Å². The Bertz CT molecular complexity index is 1320. The summed E-state index contributed by atoms with van der Waals surface area (Å²) >= 11 is 2.54. The lowest BCUT2D eigenvalue weighted by molar-refractivity contribution is -0.150. The fourth-order valence-electron chi connectivity index (χ4n) is 3.72. The van der Waals surface area contributed by atoms with E-state index in [-0.39, 0.29) is 28.5 Å². The first-order chi connectivity index (χ1) is 16.1. The van der Waals surface area contributed by atoms with Gasteiger partial charge in [0.05, 0.1) is 11.3 Å². The first-order valence-electron chi connectivity index (χ1n) is 9.98. The number of hydrogen-bond acceptors (Lipinski definition) is 9. The van der Waals surface area contributed by atoms with Gasteiger partial charge in [0, 0.05) is 16.2 Å². The highest BCUT2D eigenvalue weighted by atomic mass is 32.2. The molecule has 1 saturated heterocycles. The van der Waals surface area contributed by atoms with Crippen LogP contribution in [0.3, 0.4) is 0 Å². The maximum absolute atomic E-state index is 13.2. The second kappa shape index (κ2) is 9.24. The zero-order valence-corrected chi connectivity index (χ0v) is 20.2. The van der Waals surface area contributed by atoms with Gasteiger partial charge >= 0.3 is 5.97 Å². The van der Waals surface area contributed by atoms with Crippen LogP contribution in [0, 0.1) is 6.92 Å². The Kier molecular flexibility index (Phi) is 6.51. The molecule has 1 aromatic carbocycles. The van der Waals surface area contributed by atoms with Crippen molar-refractivity contribution in [3.05, 3.63) is 63.5 Å². The summed E-state index contributed by atoms with van der Waals surface area (Å²) in [6.07, 6.45) is 0.102. The van der Waals surface area contributed by atoms with Gasteiger partial charge in [-0.1, -0.05) is 23.8 Å². The minimum atomic E-state index is -4.25. The number of nitrogens with two attached hydrogens (primary N) is 1. The van der Waals surface area contributed by atoms with E-state index >= 15 is 0 Å². The molecule has 34 heavy (non-hydrogen) atoms. The Hall–Kier alpha value is -3.16. The minimum absolute atomic E-state index is 0.0749. The van der Waals surface area contributed by atoms with Crippen molar-refractivity contribution < 1.29 is 27.9 Å². The number of fused-ring (bicyclic) bond motifs is 1. The van der Waals surface area contributed by atoms with Gasteiger partial charge in [0.25, 0.3) is 5.91 Å². The van der Waals surface area contributed by atoms with Crippen LogP contribution in [-0.4, -0.2) is 58.4 Å². The van der Waals surface area contributed by atoms with Crippen molar-refractivity contribution in [1.29, 1.82) is 0 Å². The number of aryl methyl sites for hydroxylation is 1. The molecular formula is C21H20N4O6S3. The number of nitrogens with zero attached hydrogens (tertiary/aromatic N) is 2. The molecule has 4 N–H and O–H groups in total. The number of thiophene rings is 1. The van der Waals surface area contributed by atoms with E-state index in [9.17, 15) is 27.9 Å². The maximum atomic E-state index is 13.2. The Morgan fingerprint density at radius 3 is 2.56 bits per heavy atom. The van der Waals surface area contributed by atoms with E-state index in [2.05, 4.69) is 10.4 Å². The molecule has 0 radical (unpaired) electrons. The number of amides is 2. The topological polar surface area (TPSA) is 159 Å². The molecule has 0 spiro atoms. The average Bonchev–Trinajstić information content (AvgIpc) is 3.30. The van der Waals surface area contributed by atoms with E-state index in [0.29, 0.717) is 0 Å². The normalized spacial score (nSPS) is 20.6. The van der Waals surface area contributed by atoms with Crippen LogP contribution in [0.5, 0.6) is 0 Å². The lowest BCUT2D eigenvalue weighted by Gasteiger charge is -2.49. The van der Waals surface area contributed by atoms with Gasteiger partial charge in [-0.2, -0.15) is 5.10 Å². The zero-order chi connectivity index (χ0) is 24.6. The standard InChI is InChI=1S/C21H20N4O6S3/c1-11-4-6-13(7-5-11)34(30,31)18(24-22)14-10-33-20-16(19(27)25(20)17(14)21(28)29)23-15(26)9-12-3-2-8-32-12/h2-8,16,20H,9-10,22H2,1H3,(H,23,26)(H,28,29)/b24-18-/t16-,20-/m1/s1. The third-order valence-corrected chi connectivity index (χ3v) is 9.27. The van der Waals surface area contributed by atoms with Gasteiger partial charge in [-0.3, -0.25) is 14.5 Å². The molecule has 2 aromatic rings. The van der Waals surface area contributed by atoms with Crippen molar-refractivity contribution in [3.63, 3.8) is 0 Å². The summed E-state index contributed by atoms with van der Waals surface area (Å²) < 4.78 is 26.4. The van der Waals surface area contributed by atoms with Gasteiger partial charge in [-0.15, -0.1) is 23.1 Å². The van der Waals surface area contributed by atoms with E-state index in [0.717, 1.165) is 27.1 Å². The molecule has 0 aliphatic carbocycles. The summed E-state index contributed by atoms with van der Waals surface area (Å²) in [6, 6.07) is 8.65. The zero-order valence-electron chi connectivity index (χ0n) is 17.8. The molecule has 2 atom stereocenters. The number of hydrazone groups is 1. The Morgan fingerprint density at radius 1 is 1.26 bits per heavy atom. The van der Waals surface area contributed by atoms with Gasteiger partial charge < -0.3 is 16.3 Å². The fourth-order valence-corrected chi connectivity index (χ4v) is 7.21. The van der Waals surface area contributed by atoms with Crippen LogP contribution in [0.4, 0.5) is 0 Å². The number of carbonyl (C=O) groups excluding carboxylic acids is 2. The lowest BCUT2D eigenvalue weighted by atomic mass is 10.0. The monoisotopic (exact) mass is 520 g/mol. The van der Waals surface area contributed by atoms with Crippen molar-refractivity contribution in [2.24, 2.45) is 10.9 Å². The molecule has 178 valence electrons. The van der Waals surface area contributed by atoms with E-state index in [1.165, 1.54) is 23.5 Å². The molecule has 13 heteroatoms. The SMILES string of the molecule is Cc1ccc(S(=O)(=O)/C(=N\N)C2=C(C(=O)O)N3C(=O)[C@@H](NC(=O)Cc4cccs4)[C@H]3SC2)cc1. The molecule has 3 heterocycles. The molecule has 0 bridgehead atoms. The Labute approximate surface area is 203 Å². The molecule has 1 fully saturated rings. The molecule has 4 rings (SSSR count). The van der Waals surface area contributed by atoms with Gasteiger partial charge in [0.1, 0.15) is 17.1 Å². The van der Waals surface area contributed by atoms with Gasteiger partial charge in [-0.25, -0.2) is 13.2 Å². The number of β-lactam (4-membered cyclic amide) rings is 1. The molecule has 2 amide bonds. The summed E-state index contributed by atoms with van der Waals surface area (Å²) in [4.78, 5) is 39.0. The van der Waals surface area contributed by atoms with Crippen LogP contribution in [-0.2, 0) is 30.6 Å². The van der Waals surface area contributed by atoms with E-state index in [1.54, 1.807) is 25.1 Å². The summed E-state index contributed by atoms with van der Waals surface area (Å²) in [5.74, 6) is 2.85. The molecule has 2 aliphatic heterocycles. The summed E-state index contributed by atoms with van der Waals surface area (Å²) in [5, 5.41) is 16.5. The van der Waals surface area contributed by atoms with Crippen LogP contribution < -0.4 is 11.2 Å². The van der Waals surface area contributed by atoms with E-state index in [1.807, 2.05) is 11.4 Å². The largest absolute Gasteiger partial charge is 0.477 e. The van der Waals surface area contributed by atoms with Crippen LogP contribution in [0.15, 0.2) is 63.0 Å². The Morgan fingerprint density at radius 2 is 1.97 bits per heavy atom. The number of thioether (sulfide) groups is 1. The number of nitrogens with one attached hydrogen (secondary N) is 1. The number of rotatable bonds is 6. The summed E-state index contributed by atoms with van der Waals surface area (Å²) in [7, 11) is -4.25. The number of hydrogen-bond donors (Lipinski definition) is 3. The first kappa shape index (κ1) is 24.0. The van der Waals surface area contributed by atoms with Crippen molar-refractivity contribution in [2.75, 3.05) is 5.75 Å². The number of carboxylic acid groups (broad SMARTS) is 1. The number of carboxylic acids is 1. The predicted octanol–water partition coefficient (Wildman–Crippen LogP) is 1.08. The van der Waals surface area contributed by atoms with Crippen molar-refractivity contribution >= 4 is 55.8 Å². The van der Waals surface area contributed by atoms with Gasteiger partial charge in [-0.05, 0) is 30.5 Å². The molecule has 1 aromatic heterocycles. The highest BCUT2D eigenvalue weighted by Crippen LogP contribution is 2.41.